The number of benzene rings is 2. The molecule has 2 aromatic rings. The molecule has 0 saturated heterocycles. The lowest BCUT2D eigenvalue weighted by molar-refractivity contribution is -0.128. The summed E-state index contributed by atoms with van der Waals surface area (Å²) in [5, 5.41) is 9.27. The molecule has 0 aliphatic carbocycles. The van der Waals surface area contributed by atoms with Gasteiger partial charge in [0.1, 0.15) is 6.04 Å². The largest absolute Gasteiger partial charge is 0.343 e. The van der Waals surface area contributed by atoms with Crippen molar-refractivity contribution < 1.29 is 9.59 Å². The van der Waals surface area contributed by atoms with Crippen molar-refractivity contribution in [2.75, 3.05) is 5.32 Å². The molecule has 0 unspecified atom stereocenters. The van der Waals surface area contributed by atoms with Crippen LogP contribution in [0.25, 0.3) is 0 Å². The number of anilines is 1. The van der Waals surface area contributed by atoms with Crippen molar-refractivity contribution in [2.45, 2.75) is 59.2 Å². The second kappa shape index (κ2) is 10.6. The predicted molar refractivity (Wildman–Crippen MR) is 124 cm³/mol. The van der Waals surface area contributed by atoms with Crippen LogP contribution >= 0.6 is 12.4 Å². The lowest BCUT2D eigenvalue weighted by Crippen LogP contribution is -2.53. The molecule has 2 atom stereocenters. The number of amides is 2. The number of fused-ring (bicyclic) bond motifs is 1. The van der Waals surface area contributed by atoms with Crippen molar-refractivity contribution in [3.8, 4) is 0 Å². The summed E-state index contributed by atoms with van der Waals surface area (Å²) in [4.78, 5) is 25.9. The van der Waals surface area contributed by atoms with E-state index in [1.807, 2.05) is 44.2 Å². The first-order valence-corrected chi connectivity index (χ1v) is 10.3. The van der Waals surface area contributed by atoms with Gasteiger partial charge in [0.2, 0.25) is 11.8 Å². The highest BCUT2D eigenvalue weighted by molar-refractivity contribution is 5.98. The molecule has 3 N–H and O–H groups in total. The van der Waals surface area contributed by atoms with Crippen LogP contribution in [0.1, 0.15) is 42.5 Å². The minimum absolute atomic E-state index is 0. The molecule has 0 radical (unpaired) electrons. The molecule has 0 saturated carbocycles. The molecule has 2 amide bonds. The van der Waals surface area contributed by atoms with Crippen LogP contribution in [0.2, 0.25) is 0 Å². The Labute approximate surface area is 185 Å². The fourth-order valence-electron chi connectivity index (χ4n) is 3.79. The number of hydrogen-bond acceptors (Lipinski definition) is 3. The average Bonchev–Trinajstić information content (AvgIpc) is 2.68. The van der Waals surface area contributed by atoms with Gasteiger partial charge in [-0.3, -0.25) is 9.59 Å². The number of aryl methyl sites for hydroxylation is 2. The maximum atomic E-state index is 13.0. The molecule has 0 fully saturated rings. The zero-order valence-corrected chi connectivity index (χ0v) is 18.9. The number of rotatable bonds is 6. The van der Waals surface area contributed by atoms with Crippen LogP contribution in [0.15, 0.2) is 42.5 Å². The minimum atomic E-state index is -0.567. The predicted octanol–water partition coefficient (Wildman–Crippen LogP) is 3.91. The van der Waals surface area contributed by atoms with Crippen molar-refractivity contribution in [1.29, 1.82) is 0 Å². The molecule has 5 nitrogen and oxygen atoms in total. The van der Waals surface area contributed by atoms with E-state index >= 15 is 0 Å². The van der Waals surface area contributed by atoms with Gasteiger partial charge in [-0.2, -0.15) is 0 Å². The Bertz CT molecular complexity index is 898. The Hall–Kier alpha value is -2.37. The van der Waals surface area contributed by atoms with Gasteiger partial charge in [0.15, 0.2) is 0 Å². The number of carbonyl (C=O) groups excluding carboxylic acids is 2. The summed E-state index contributed by atoms with van der Waals surface area (Å²) < 4.78 is 0. The fourth-order valence-corrected chi connectivity index (χ4v) is 3.79. The van der Waals surface area contributed by atoms with Crippen LogP contribution in [-0.4, -0.2) is 23.9 Å². The third kappa shape index (κ3) is 6.07. The monoisotopic (exact) mass is 429 g/mol. The molecule has 0 spiro atoms. The Balaban J connectivity index is 0.00000320. The number of nitrogens with one attached hydrogen (secondary N) is 3. The van der Waals surface area contributed by atoms with E-state index in [0.29, 0.717) is 19.4 Å². The first-order chi connectivity index (χ1) is 13.8. The maximum absolute atomic E-state index is 13.0. The fraction of sp³-hybridized carbons (Fsp3) is 0.417. The number of halogens is 1. The molecule has 1 aliphatic rings. The van der Waals surface area contributed by atoms with Crippen LogP contribution in [0.5, 0.6) is 0 Å². The van der Waals surface area contributed by atoms with Gasteiger partial charge in [0.25, 0.3) is 0 Å². The van der Waals surface area contributed by atoms with Crippen molar-refractivity contribution in [2.24, 2.45) is 5.92 Å². The summed E-state index contributed by atoms with van der Waals surface area (Å²) in [5.41, 5.74) is 5.36. The van der Waals surface area contributed by atoms with E-state index in [1.54, 1.807) is 0 Å². The number of hydrogen-bond donors (Lipinski definition) is 3. The van der Waals surface area contributed by atoms with Crippen LogP contribution in [0.4, 0.5) is 5.69 Å². The molecular formula is C24H32ClN3O2. The van der Waals surface area contributed by atoms with Gasteiger partial charge in [-0.05, 0) is 55.4 Å². The number of carbonyl (C=O) groups is 2. The SMILES string of the molecule is Cc1ccc(NC(=O)[C@@H](CC(C)C)NC(=O)[C@@H]2Cc3ccccc3CN2)c(C)c1.Cl. The second-order valence-electron chi connectivity index (χ2n) is 8.40. The highest BCUT2D eigenvalue weighted by Crippen LogP contribution is 2.19. The quantitative estimate of drug-likeness (QED) is 0.652. The third-order valence-electron chi connectivity index (χ3n) is 5.38. The maximum Gasteiger partial charge on any atom is 0.246 e. The van der Waals surface area contributed by atoms with Crippen molar-refractivity contribution >= 4 is 29.9 Å². The van der Waals surface area contributed by atoms with Gasteiger partial charge >= 0.3 is 0 Å². The molecule has 0 bridgehead atoms. The Morgan fingerprint density at radius 1 is 1.10 bits per heavy atom. The first-order valence-electron chi connectivity index (χ1n) is 10.3. The van der Waals surface area contributed by atoms with Crippen LogP contribution in [0, 0.1) is 19.8 Å². The highest BCUT2D eigenvalue weighted by Gasteiger charge is 2.28. The highest BCUT2D eigenvalue weighted by atomic mass is 35.5. The van der Waals surface area contributed by atoms with E-state index in [0.717, 1.165) is 16.8 Å². The zero-order chi connectivity index (χ0) is 21.0. The minimum Gasteiger partial charge on any atom is -0.343 e. The Morgan fingerprint density at radius 2 is 1.80 bits per heavy atom. The molecule has 162 valence electrons. The van der Waals surface area contributed by atoms with Crippen LogP contribution < -0.4 is 16.0 Å². The van der Waals surface area contributed by atoms with Crippen LogP contribution in [-0.2, 0) is 22.6 Å². The van der Waals surface area contributed by atoms with Gasteiger partial charge in [-0.15, -0.1) is 12.4 Å². The summed E-state index contributed by atoms with van der Waals surface area (Å²) in [6.07, 6.45) is 1.22. The standard InChI is InChI=1S/C24H31N3O2.ClH/c1-15(2)11-22(24(29)26-20-10-9-16(3)12-17(20)4)27-23(28)21-13-18-7-5-6-8-19(18)14-25-21;/h5-10,12,15,21-22,25H,11,13-14H2,1-4H3,(H,26,29)(H,27,28);1H/t21-,22+;/m0./s1. The summed E-state index contributed by atoms with van der Waals surface area (Å²) in [6, 6.07) is 13.2. The molecule has 2 aromatic carbocycles. The lowest BCUT2D eigenvalue weighted by Gasteiger charge is -2.28. The van der Waals surface area contributed by atoms with Crippen molar-refractivity contribution in [3.63, 3.8) is 0 Å². The van der Waals surface area contributed by atoms with E-state index in [2.05, 4.69) is 41.9 Å². The van der Waals surface area contributed by atoms with Gasteiger partial charge < -0.3 is 16.0 Å². The molecule has 0 aromatic heterocycles. The van der Waals surface area contributed by atoms with Gasteiger partial charge in [0, 0.05) is 12.2 Å². The third-order valence-corrected chi connectivity index (χ3v) is 5.38. The molecular weight excluding hydrogens is 398 g/mol. The van der Waals surface area contributed by atoms with Crippen molar-refractivity contribution in [3.05, 3.63) is 64.7 Å². The summed E-state index contributed by atoms with van der Waals surface area (Å²) in [5.74, 6) is -0.0126. The summed E-state index contributed by atoms with van der Waals surface area (Å²) in [7, 11) is 0. The average molecular weight is 430 g/mol. The van der Waals surface area contributed by atoms with Gasteiger partial charge in [-0.25, -0.2) is 0 Å². The van der Waals surface area contributed by atoms with E-state index < -0.39 is 6.04 Å². The van der Waals surface area contributed by atoms with E-state index in [9.17, 15) is 9.59 Å². The van der Waals surface area contributed by atoms with E-state index in [4.69, 9.17) is 0 Å². The first kappa shape index (κ1) is 23.9. The molecule has 1 aliphatic heterocycles. The molecule has 30 heavy (non-hydrogen) atoms. The second-order valence-corrected chi connectivity index (χ2v) is 8.40. The molecule has 3 rings (SSSR count). The summed E-state index contributed by atoms with van der Waals surface area (Å²) in [6.45, 7) is 8.77. The summed E-state index contributed by atoms with van der Waals surface area (Å²) >= 11 is 0. The van der Waals surface area contributed by atoms with E-state index in [-0.39, 0.29) is 36.2 Å². The topological polar surface area (TPSA) is 70.2 Å². The zero-order valence-electron chi connectivity index (χ0n) is 18.1. The smallest absolute Gasteiger partial charge is 0.246 e. The molecule has 6 heteroatoms. The Morgan fingerprint density at radius 3 is 2.47 bits per heavy atom. The lowest BCUT2D eigenvalue weighted by atomic mass is 9.95. The van der Waals surface area contributed by atoms with Gasteiger partial charge in [-0.1, -0.05) is 55.8 Å². The van der Waals surface area contributed by atoms with Crippen LogP contribution in [0.3, 0.4) is 0 Å². The van der Waals surface area contributed by atoms with E-state index in [1.165, 1.54) is 11.1 Å². The van der Waals surface area contributed by atoms with Gasteiger partial charge in [0.05, 0.1) is 6.04 Å². The van der Waals surface area contributed by atoms with Crippen molar-refractivity contribution in [1.82, 2.24) is 10.6 Å². The Kier molecular flexibility index (Phi) is 8.44. The normalized spacial score (nSPS) is 16.2. The molecule has 1 heterocycles.